The normalized spacial score (nSPS) is 12.1. The number of hydrogen-bond donors (Lipinski definition) is 3. The lowest BCUT2D eigenvalue weighted by molar-refractivity contribution is -0.00856. The van der Waals surface area contributed by atoms with Crippen LogP contribution in [0, 0.1) is 6.92 Å². The number of ether oxygens (including phenoxy) is 13. The molecule has 0 radical (unpaired) electrons. The number of aliphatic hydroxyl groups is 3. The van der Waals surface area contributed by atoms with Gasteiger partial charge in [0.05, 0.1) is 177 Å². The smallest absolute Gasteiger partial charge is 0.297 e. The Kier molecular flexibility index (Phi) is 60.1. The third-order valence-corrected chi connectivity index (χ3v) is 8.68. The van der Waals surface area contributed by atoms with Crippen molar-refractivity contribution in [1.82, 2.24) is 0 Å². The third kappa shape index (κ3) is 54.8. The molecule has 0 amide bonds. The highest BCUT2D eigenvalue weighted by Crippen LogP contribution is 2.13. The number of aliphatic hydroxyl groups excluding tert-OH is 3. The molecule has 0 aromatic heterocycles. The molecule has 0 spiro atoms. The maximum absolute atomic E-state index is 11.9. The molecule has 19 nitrogen and oxygen atoms in total. The van der Waals surface area contributed by atoms with E-state index in [9.17, 15) is 8.42 Å². The molecule has 0 unspecified atom stereocenters. The van der Waals surface area contributed by atoms with Crippen LogP contribution in [0.2, 0.25) is 0 Å². The van der Waals surface area contributed by atoms with E-state index in [1.165, 1.54) is 25.0 Å². The first-order valence-corrected chi connectivity index (χ1v) is 23.6. The average Bonchev–Trinajstić information content (AvgIpc) is 3.89. The van der Waals surface area contributed by atoms with Crippen LogP contribution in [0.3, 0.4) is 0 Å². The summed E-state index contributed by atoms with van der Waals surface area (Å²) in [4.78, 5) is 0.145. The minimum atomic E-state index is -3.73. The van der Waals surface area contributed by atoms with Gasteiger partial charge < -0.3 is 76.9 Å². The van der Waals surface area contributed by atoms with Crippen LogP contribution < -0.4 is 0 Å². The van der Waals surface area contributed by atoms with Gasteiger partial charge in [0, 0.05) is 26.4 Å². The first kappa shape index (κ1) is 66.8. The second-order valence-corrected chi connectivity index (χ2v) is 14.5. The summed E-state index contributed by atoms with van der Waals surface area (Å²) in [7, 11) is -3.73. The van der Waals surface area contributed by atoms with Gasteiger partial charge in [-0.3, -0.25) is 4.18 Å². The SMILES string of the molecule is C.C1CCOC1.CCCOCCOCCOCCOCCO.CCCOCCOCCOCCOCCOS(=O)(=O)c1ccc(C)cc1.OCCOCCOCCOCCOCCO. The fraction of sp³-hybridized carbons (Fsp3) is 0.864. The van der Waals surface area contributed by atoms with Crippen LogP contribution in [0.5, 0.6) is 0 Å². The van der Waals surface area contributed by atoms with Gasteiger partial charge in [-0.1, -0.05) is 39.0 Å². The highest BCUT2D eigenvalue weighted by Gasteiger charge is 2.14. The van der Waals surface area contributed by atoms with Crippen molar-refractivity contribution in [3.63, 3.8) is 0 Å². The maximum Gasteiger partial charge on any atom is 0.297 e. The highest BCUT2D eigenvalue weighted by atomic mass is 32.2. The summed E-state index contributed by atoms with van der Waals surface area (Å²) >= 11 is 0. The highest BCUT2D eigenvalue weighted by molar-refractivity contribution is 7.86. The number of aryl methyl sites for hydroxylation is 1. The van der Waals surface area contributed by atoms with Gasteiger partial charge in [-0.05, 0) is 44.7 Å². The van der Waals surface area contributed by atoms with Crippen LogP contribution in [-0.4, -0.2) is 222 Å². The van der Waals surface area contributed by atoms with Crippen molar-refractivity contribution < 1.29 is 89.5 Å². The molecule has 0 atom stereocenters. The van der Waals surface area contributed by atoms with E-state index in [2.05, 4.69) is 13.8 Å². The fourth-order valence-corrected chi connectivity index (χ4v) is 5.15. The summed E-state index contributed by atoms with van der Waals surface area (Å²) in [6.07, 6.45) is 4.60. The van der Waals surface area contributed by atoms with Crippen molar-refractivity contribution in [2.45, 2.75) is 58.8 Å². The Labute approximate surface area is 385 Å². The average molecular weight is 953 g/mol. The Bertz CT molecular complexity index is 1020. The first-order chi connectivity index (χ1) is 30.9. The zero-order valence-corrected chi connectivity index (χ0v) is 39.4. The summed E-state index contributed by atoms with van der Waals surface area (Å²) < 4.78 is 96.1. The van der Waals surface area contributed by atoms with Gasteiger partial charge in [-0.15, -0.1) is 0 Å². The maximum atomic E-state index is 11.9. The molecule has 1 fully saturated rings. The van der Waals surface area contributed by atoms with Crippen LogP contribution in [0.15, 0.2) is 29.2 Å². The Balaban J connectivity index is -0.000000850. The summed E-state index contributed by atoms with van der Waals surface area (Å²) in [5, 5.41) is 25.3. The van der Waals surface area contributed by atoms with E-state index in [1.807, 2.05) is 6.92 Å². The van der Waals surface area contributed by atoms with E-state index in [0.717, 1.165) is 44.8 Å². The first-order valence-electron chi connectivity index (χ1n) is 22.2. The molecule has 1 aromatic rings. The molecule has 0 saturated carbocycles. The summed E-state index contributed by atoms with van der Waals surface area (Å²) in [5.41, 5.74) is 0.988. The lowest BCUT2D eigenvalue weighted by atomic mass is 10.2. The van der Waals surface area contributed by atoms with Crippen LogP contribution in [-0.2, 0) is 75.9 Å². The number of hydrogen-bond acceptors (Lipinski definition) is 19. The quantitative estimate of drug-likeness (QED) is 0.0633. The molecule has 20 heteroatoms. The minimum Gasteiger partial charge on any atom is -0.394 e. The number of rotatable bonds is 42. The summed E-state index contributed by atoms with van der Waals surface area (Å²) in [6, 6.07) is 6.51. The predicted octanol–water partition coefficient (Wildman–Crippen LogP) is 3.10. The molecule has 1 aromatic carbocycles. The molecule has 0 aliphatic carbocycles. The Hall–Kier alpha value is -1.51. The van der Waals surface area contributed by atoms with E-state index in [1.54, 1.807) is 12.1 Å². The largest absolute Gasteiger partial charge is 0.394 e. The molecule has 1 aliphatic heterocycles. The van der Waals surface area contributed by atoms with Crippen molar-refractivity contribution in [2.24, 2.45) is 0 Å². The van der Waals surface area contributed by atoms with Gasteiger partial charge in [0.1, 0.15) is 0 Å². The molecule has 0 bridgehead atoms. The van der Waals surface area contributed by atoms with E-state index in [0.29, 0.717) is 139 Å². The van der Waals surface area contributed by atoms with Gasteiger partial charge in [0.15, 0.2) is 0 Å². The zero-order valence-electron chi connectivity index (χ0n) is 38.6. The molecule has 1 aliphatic rings. The van der Waals surface area contributed by atoms with E-state index in [-0.39, 0.29) is 45.4 Å². The van der Waals surface area contributed by atoms with Crippen LogP contribution in [0.1, 0.15) is 52.5 Å². The molecule has 2 rings (SSSR count). The van der Waals surface area contributed by atoms with Gasteiger partial charge in [0.25, 0.3) is 10.1 Å². The standard InChI is InChI=1S/C18H30O7S.C11H24O5.C10H22O6.C4H8O.CH4/c1-3-8-21-9-10-22-11-12-23-13-14-24-15-16-25-26(19,20)18-6-4-17(2)5-7-18;1-2-4-13-6-8-15-10-11-16-9-7-14-5-3-12;11-1-3-13-5-7-15-9-10-16-8-6-14-4-2-12;1-2-4-5-3-1;/h4-7H,3,8-16H2,1-2H3;12H,2-11H2,1H3;11-12H,1-10H2;1-4H2;1H4. The van der Waals surface area contributed by atoms with Crippen molar-refractivity contribution in [3.05, 3.63) is 29.8 Å². The van der Waals surface area contributed by atoms with Crippen molar-refractivity contribution in [2.75, 3.05) is 198 Å². The zero-order chi connectivity index (χ0) is 46.4. The second kappa shape index (κ2) is 57.6. The van der Waals surface area contributed by atoms with Gasteiger partial charge in [0.2, 0.25) is 0 Å². The second-order valence-electron chi connectivity index (χ2n) is 12.9. The lowest BCUT2D eigenvalue weighted by Crippen LogP contribution is -2.15. The predicted molar refractivity (Wildman–Crippen MR) is 243 cm³/mol. The monoisotopic (exact) mass is 953 g/mol. The molecule has 64 heavy (non-hydrogen) atoms. The fourth-order valence-electron chi connectivity index (χ4n) is 4.25. The minimum absolute atomic E-state index is 0. The molecule has 1 heterocycles. The molecular weight excluding hydrogens is 865 g/mol. The van der Waals surface area contributed by atoms with Crippen molar-refractivity contribution in [1.29, 1.82) is 0 Å². The third-order valence-electron chi connectivity index (χ3n) is 7.36. The van der Waals surface area contributed by atoms with Gasteiger partial charge >= 0.3 is 0 Å². The molecule has 3 N–H and O–H groups in total. The molecule has 384 valence electrons. The van der Waals surface area contributed by atoms with Crippen LogP contribution in [0.4, 0.5) is 0 Å². The molecule has 1 saturated heterocycles. The Morgan fingerprint density at radius 3 is 0.906 bits per heavy atom. The topological polar surface area (TPSA) is 224 Å². The van der Waals surface area contributed by atoms with Crippen LogP contribution in [0.25, 0.3) is 0 Å². The lowest BCUT2D eigenvalue weighted by Gasteiger charge is -2.08. The summed E-state index contributed by atoms with van der Waals surface area (Å²) in [6.45, 7) is 20.3. The summed E-state index contributed by atoms with van der Waals surface area (Å²) in [5.74, 6) is 0. The van der Waals surface area contributed by atoms with E-state index < -0.39 is 10.1 Å². The van der Waals surface area contributed by atoms with E-state index in [4.69, 9.17) is 81.1 Å². The number of benzene rings is 1. The van der Waals surface area contributed by atoms with Gasteiger partial charge in [-0.2, -0.15) is 8.42 Å². The Morgan fingerprint density at radius 1 is 0.422 bits per heavy atom. The Morgan fingerprint density at radius 2 is 0.672 bits per heavy atom. The van der Waals surface area contributed by atoms with Crippen molar-refractivity contribution in [3.8, 4) is 0 Å². The molecular formula is C44H88O19S. The van der Waals surface area contributed by atoms with Crippen LogP contribution >= 0.6 is 0 Å². The van der Waals surface area contributed by atoms with E-state index >= 15 is 0 Å². The van der Waals surface area contributed by atoms with Gasteiger partial charge in [-0.25, -0.2) is 0 Å². The van der Waals surface area contributed by atoms with Crippen molar-refractivity contribution >= 4 is 10.1 Å².